The second-order valence-corrected chi connectivity index (χ2v) is 9.21. The number of hydrogen-bond acceptors (Lipinski definition) is 5. The summed E-state index contributed by atoms with van der Waals surface area (Å²) in [5.74, 6) is -2.63. The number of likely N-dealkylation sites (tertiary alicyclic amines) is 1. The predicted octanol–water partition coefficient (Wildman–Crippen LogP) is 1.37. The summed E-state index contributed by atoms with van der Waals surface area (Å²) >= 11 is 0. The van der Waals surface area contributed by atoms with Gasteiger partial charge in [-0.25, -0.2) is 9.59 Å². The molecule has 0 spiro atoms. The predicted molar refractivity (Wildman–Crippen MR) is 96.4 cm³/mol. The maximum atomic E-state index is 12.5. The van der Waals surface area contributed by atoms with Crippen molar-refractivity contribution >= 4 is 17.8 Å². The molecule has 11 heteroatoms. The Balaban J connectivity index is 0.000000318. The SMILES string of the molecule is O=C(O)C(F)(F)F.O=C(O)C1CCCN1C(=O)CNC12CC3CC(CC(O)(C3)C1)C2. The zero-order valence-corrected chi connectivity index (χ0v) is 16.5. The summed E-state index contributed by atoms with van der Waals surface area (Å²) in [6, 6.07) is -0.662. The Hall–Kier alpha value is -1.88. The van der Waals surface area contributed by atoms with Crippen molar-refractivity contribution in [3.63, 3.8) is 0 Å². The van der Waals surface area contributed by atoms with E-state index < -0.39 is 29.8 Å². The van der Waals surface area contributed by atoms with Gasteiger partial charge in [-0.3, -0.25) is 4.79 Å². The van der Waals surface area contributed by atoms with Crippen molar-refractivity contribution < 1.29 is 42.9 Å². The van der Waals surface area contributed by atoms with Crippen LogP contribution in [0.2, 0.25) is 0 Å². The van der Waals surface area contributed by atoms with Gasteiger partial charge in [-0.1, -0.05) is 0 Å². The molecule has 170 valence electrons. The van der Waals surface area contributed by atoms with Crippen LogP contribution in [0.4, 0.5) is 13.2 Å². The molecule has 4 aliphatic carbocycles. The minimum atomic E-state index is -5.08. The fourth-order valence-corrected chi connectivity index (χ4v) is 6.11. The molecule has 0 aromatic carbocycles. The van der Waals surface area contributed by atoms with Crippen LogP contribution in [0.25, 0.3) is 0 Å². The summed E-state index contributed by atoms with van der Waals surface area (Å²) in [6.07, 6.45) is 2.09. The molecule has 0 aromatic heterocycles. The van der Waals surface area contributed by atoms with E-state index >= 15 is 0 Å². The lowest BCUT2D eigenvalue weighted by molar-refractivity contribution is -0.192. The maximum Gasteiger partial charge on any atom is 0.490 e. The van der Waals surface area contributed by atoms with Crippen molar-refractivity contribution in [3.8, 4) is 0 Å². The molecule has 5 rings (SSSR count). The Morgan fingerprint density at radius 1 is 1.07 bits per heavy atom. The molecule has 0 aromatic rings. The number of carbonyl (C=O) groups excluding carboxylic acids is 1. The summed E-state index contributed by atoms with van der Waals surface area (Å²) in [4.78, 5) is 34.1. The highest BCUT2D eigenvalue weighted by atomic mass is 19.4. The van der Waals surface area contributed by atoms with Gasteiger partial charge in [-0.15, -0.1) is 0 Å². The number of nitrogens with one attached hydrogen (secondary N) is 1. The molecular weight excluding hydrogens is 409 g/mol. The maximum absolute atomic E-state index is 12.5. The van der Waals surface area contributed by atoms with Crippen LogP contribution in [0.5, 0.6) is 0 Å². The largest absolute Gasteiger partial charge is 0.490 e. The number of nitrogens with zero attached hydrogens (tertiary/aromatic N) is 1. The molecule has 4 bridgehead atoms. The lowest BCUT2D eigenvalue weighted by atomic mass is 9.51. The molecule has 8 nitrogen and oxygen atoms in total. The zero-order valence-electron chi connectivity index (χ0n) is 16.5. The molecule has 4 N–H and O–H groups in total. The Kier molecular flexibility index (Phi) is 6.07. The Labute approximate surface area is 171 Å². The van der Waals surface area contributed by atoms with Crippen LogP contribution in [-0.4, -0.2) is 74.5 Å². The van der Waals surface area contributed by atoms with Crippen molar-refractivity contribution in [1.82, 2.24) is 10.2 Å². The highest BCUT2D eigenvalue weighted by Crippen LogP contribution is 2.57. The van der Waals surface area contributed by atoms with E-state index in [2.05, 4.69) is 5.32 Å². The summed E-state index contributed by atoms with van der Waals surface area (Å²) < 4.78 is 31.7. The number of carboxylic acids is 2. The van der Waals surface area contributed by atoms with E-state index in [9.17, 15) is 33.0 Å². The average molecular weight is 436 g/mol. The normalized spacial score (nSPS) is 36.9. The van der Waals surface area contributed by atoms with Crippen LogP contribution in [-0.2, 0) is 14.4 Å². The van der Waals surface area contributed by atoms with E-state index in [1.807, 2.05) is 0 Å². The Bertz CT molecular complexity index is 699. The summed E-state index contributed by atoms with van der Waals surface area (Å²) in [5.41, 5.74) is -0.662. The Morgan fingerprint density at radius 3 is 2.10 bits per heavy atom. The Morgan fingerprint density at radius 2 is 1.63 bits per heavy atom. The molecule has 3 atom stereocenters. The molecule has 4 saturated carbocycles. The van der Waals surface area contributed by atoms with E-state index in [0.29, 0.717) is 24.8 Å². The quantitative estimate of drug-likeness (QED) is 0.524. The highest BCUT2D eigenvalue weighted by molar-refractivity contribution is 5.85. The molecule has 3 unspecified atom stereocenters. The molecule has 5 fully saturated rings. The van der Waals surface area contributed by atoms with Crippen molar-refractivity contribution in [2.45, 2.75) is 74.7 Å². The van der Waals surface area contributed by atoms with Gasteiger partial charge in [0.1, 0.15) is 6.04 Å². The number of aliphatic carboxylic acids is 2. The van der Waals surface area contributed by atoms with Gasteiger partial charge in [0.05, 0.1) is 12.1 Å². The van der Waals surface area contributed by atoms with Crippen molar-refractivity contribution in [2.24, 2.45) is 11.8 Å². The average Bonchev–Trinajstić information content (AvgIpc) is 3.07. The third kappa shape index (κ3) is 4.88. The van der Waals surface area contributed by atoms with Gasteiger partial charge >= 0.3 is 18.1 Å². The summed E-state index contributed by atoms with van der Waals surface area (Å²) in [5, 5.41) is 30.5. The number of amides is 1. The third-order valence-electron chi connectivity index (χ3n) is 6.75. The number of alkyl halides is 3. The standard InChI is InChI=1S/C17H26N2O4.C2HF3O2/c20-14(19-3-1-2-13(19)15(21)22)9-18-16-5-11-4-12(6-16)8-17(23,7-11)10-16;3-2(4,5)1(6)7/h11-13,18,23H,1-10H2,(H,21,22);(H,6,7). The van der Waals surface area contributed by atoms with Crippen LogP contribution in [0.15, 0.2) is 0 Å². The van der Waals surface area contributed by atoms with Gasteiger partial charge in [-0.05, 0) is 63.2 Å². The molecule has 5 aliphatic rings. The smallest absolute Gasteiger partial charge is 0.480 e. The van der Waals surface area contributed by atoms with E-state index in [-0.39, 0.29) is 18.0 Å². The van der Waals surface area contributed by atoms with Crippen LogP contribution in [0.3, 0.4) is 0 Å². The second kappa shape index (κ2) is 7.99. The fraction of sp³-hybridized carbons (Fsp3) is 0.842. The van der Waals surface area contributed by atoms with Gasteiger partial charge in [0, 0.05) is 12.1 Å². The monoisotopic (exact) mass is 436 g/mol. The van der Waals surface area contributed by atoms with E-state index in [0.717, 1.165) is 38.5 Å². The molecule has 0 radical (unpaired) electrons. The van der Waals surface area contributed by atoms with Crippen molar-refractivity contribution in [1.29, 1.82) is 0 Å². The van der Waals surface area contributed by atoms with Gasteiger partial charge in [0.2, 0.25) is 5.91 Å². The van der Waals surface area contributed by atoms with E-state index in [4.69, 9.17) is 9.90 Å². The first-order valence-corrected chi connectivity index (χ1v) is 10.1. The number of carbonyl (C=O) groups is 3. The number of hydrogen-bond donors (Lipinski definition) is 4. The fourth-order valence-electron chi connectivity index (χ4n) is 6.11. The number of aliphatic hydroxyl groups is 1. The molecule has 1 saturated heterocycles. The molecular formula is C19H27F3N2O6. The minimum absolute atomic E-state index is 0.113. The first-order valence-electron chi connectivity index (χ1n) is 10.1. The number of rotatable bonds is 4. The first kappa shape index (κ1) is 22.8. The van der Waals surface area contributed by atoms with Crippen molar-refractivity contribution in [2.75, 3.05) is 13.1 Å². The number of halogens is 3. The zero-order chi connectivity index (χ0) is 22.3. The van der Waals surface area contributed by atoms with Crippen LogP contribution >= 0.6 is 0 Å². The summed E-state index contributed by atoms with van der Waals surface area (Å²) in [6.45, 7) is 0.735. The molecule has 1 aliphatic heterocycles. The lowest BCUT2D eigenvalue weighted by Gasteiger charge is -2.60. The topological polar surface area (TPSA) is 127 Å². The van der Waals surface area contributed by atoms with Crippen LogP contribution < -0.4 is 5.32 Å². The third-order valence-corrected chi connectivity index (χ3v) is 6.75. The molecule has 1 amide bonds. The highest BCUT2D eigenvalue weighted by Gasteiger charge is 2.57. The first-order chi connectivity index (χ1) is 13.8. The minimum Gasteiger partial charge on any atom is -0.480 e. The second-order valence-electron chi connectivity index (χ2n) is 9.21. The molecule has 30 heavy (non-hydrogen) atoms. The van der Waals surface area contributed by atoms with Crippen molar-refractivity contribution in [3.05, 3.63) is 0 Å². The van der Waals surface area contributed by atoms with Crippen LogP contribution in [0, 0.1) is 11.8 Å². The van der Waals surface area contributed by atoms with E-state index in [1.54, 1.807) is 0 Å². The lowest BCUT2D eigenvalue weighted by Crippen LogP contribution is -2.65. The van der Waals surface area contributed by atoms with Gasteiger partial charge in [0.15, 0.2) is 0 Å². The number of carboxylic acid groups (broad SMARTS) is 2. The van der Waals surface area contributed by atoms with Gasteiger partial charge in [-0.2, -0.15) is 13.2 Å². The van der Waals surface area contributed by atoms with Crippen LogP contribution in [0.1, 0.15) is 51.4 Å². The van der Waals surface area contributed by atoms with E-state index in [1.165, 1.54) is 11.3 Å². The van der Waals surface area contributed by atoms with Gasteiger partial charge in [0.25, 0.3) is 0 Å². The summed E-state index contributed by atoms with van der Waals surface area (Å²) in [7, 11) is 0. The molecule has 1 heterocycles. The van der Waals surface area contributed by atoms with Gasteiger partial charge < -0.3 is 25.5 Å².